The molecule has 9 heteroatoms. The molecule has 3 heterocycles. The maximum atomic E-state index is 12.3. The van der Waals surface area contributed by atoms with E-state index in [0.29, 0.717) is 30.7 Å². The second kappa shape index (κ2) is 10.6. The Bertz CT molecular complexity index is 1070. The summed E-state index contributed by atoms with van der Waals surface area (Å²) in [5.74, 6) is 1.53. The van der Waals surface area contributed by atoms with Crippen LogP contribution in [-0.4, -0.2) is 54.2 Å². The Morgan fingerprint density at radius 2 is 2.03 bits per heavy atom. The molecule has 0 unspecified atom stereocenters. The van der Waals surface area contributed by atoms with E-state index in [4.69, 9.17) is 16.3 Å². The first kappa shape index (κ1) is 22.2. The van der Waals surface area contributed by atoms with Gasteiger partial charge < -0.3 is 20.3 Å². The molecule has 4 rings (SSSR count). The number of amides is 1. The first-order valence-electron chi connectivity index (χ1n) is 10.8. The summed E-state index contributed by atoms with van der Waals surface area (Å²) in [6.07, 6.45) is 5.15. The lowest BCUT2D eigenvalue weighted by Gasteiger charge is -2.32. The van der Waals surface area contributed by atoms with Crippen molar-refractivity contribution in [2.75, 3.05) is 43.6 Å². The van der Waals surface area contributed by atoms with Crippen LogP contribution in [0.3, 0.4) is 0 Å². The lowest BCUT2D eigenvalue weighted by molar-refractivity contribution is -0.125. The monoisotopic (exact) mass is 454 g/mol. The van der Waals surface area contributed by atoms with Crippen molar-refractivity contribution in [2.24, 2.45) is 5.92 Å². The van der Waals surface area contributed by atoms with E-state index in [1.807, 2.05) is 36.5 Å². The lowest BCUT2D eigenvalue weighted by atomic mass is 9.95. The summed E-state index contributed by atoms with van der Waals surface area (Å²) in [7, 11) is 1.63. The van der Waals surface area contributed by atoms with Crippen molar-refractivity contribution in [3.05, 3.63) is 53.3 Å². The van der Waals surface area contributed by atoms with Gasteiger partial charge in [0, 0.05) is 56.6 Å². The average molecular weight is 455 g/mol. The number of carbonyl (C=O) groups is 1. The normalized spacial score (nSPS) is 14.5. The first-order valence-corrected chi connectivity index (χ1v) is 11.1. The van der Waals surface area contributed by atoms with Gasteiger partial charge in [-0.15, -0.1) is 0 Å². The molecule has 0 radical (unpaired) electrons. The Labute approximate surface area is 192 Å². The number of hydrogen-bond acceptors (Lipinski definition) is 7. The number of hydrogen-bond donors (Lipinski definition) is 2. The summed E-state index contributed by atoms with van der Waals surface area (Å²) in [5.41, 5.74) is 1.81. The minimum absolute atomic E-state index is 0.0231. The molecule has 1 amide bonds. The van der Waals surface area contributed by atoms with Crippen LogP contribution in [0.25, 0.3) is 10.9 Å². The van der Waals surface area contributed by atoms with Crippen LogP contribution in [0.4, 0.5) is 11.8 Å². The summed E-state index contributed by atoms with van der Waals surface area (Å²) < 4.78 is 4.99. The highest BCUT2D eigenvalue weighted by Crippen LogP contribution is 2.28. The molecule has 1 aliphatic rings. The largest absolute Gasteiger partial charge is 0.383 e. The van der Waals surface area contributed by atoms with Crippen molar-refractivity contribution in [3.8, 4) is 0 Å². The van der Waals surface area contributed by atoms with E-state index in [0.717, 1.165) is 48.2 Å². The summed E-state index contributed by atoms with van der Waals surface area (Å²) >= 11 is 6.23. The molecular formula is C23H27ClN6O2. The Morgan fingerprint density at radius 3 is 2.81 bits per heavy atom. The van der Waals surface area contributed by atoms with Crippen LogP contribution >= 0.6 is 11.6 Å². The Morgan fingerprint density at radius 1 is 1.22 bits per heavy atom. The molecule has 168 valence electrons. The third-order valence-corrected chi connectivity index (χ3v) is 6.02. The van der Waals surface area contributed by atoms with Crippen molar-refractivity contribution >= 4 is 40.2 Å². The number of aromatic nitrogens is 3. The minimum atomic E-state index is 0.0231. The molecule has 0 atom stereocenters. The van der Waals surface area contributed by atoms with Gasteiger partial charge >= 0.3 is 0 Å². The Kier molecular flexibility index (Phi) is 7.34. The first-order chi connectivity index (χ1) is 15.7. The second-order valence-corrected chi connectivity index (χ2v) is 8.16. The van der Waals surface area contributed by atoms with Crippen LogP contribution in [0, 0.1) is 5.92 Å². The van der Waals surface area contributed by atoms with E-state index < -0.39 is 0 Å². The number of fused-ring (bicyclic) bond motifs is 1. The van der Waals surface area contributed by atoms with E-state index in [2.05, 4.69) is 30.5 Å². The van der Waals surface area contributed by atoms with Gasteiger partial charge in [-0.2, -0.15) is 0 Å². The number of halogens is 1. The predicted molar refractivity (Wildman–Crippen MR) is 126 cm³/mol. The number of ether oxygens (including phenoxy) is 1. The zero-order valence-electron chi connectivity index (χ0n) is 18.1. The summed E-state index contributed by atoms with van der Waals surface area (Å²) in [6.45, 7) is 3.15. The molecule has 0 bridgehead atoms. The van der Waals surface area contributed by atoms with Crippen molar-refractivity contribution in [2.45, 2.75) is 19.4 Å². The second-order valence-electron chi connectivity index (χ2n) is 7.75. The van der Waals surface area contributed by atoms with Crippen LogP contribution in [0.15, 0.2) is 42.7 Å². The highest BCUT2D eigenvalue weighted by molar-refractivity contribution is 6.31. The summed E-state index contributed by atoms with van der Waals surface area (Å²) in [6, 6.07) is 9.58. The third kappa shape index (κ3) is 5.26. The Hall–Kier alpha value is -2.97. The molecule has 1 saturated heterocycles. The van der Waals surface area contributed by atoms with E-state index in [1.165, 1.54) is 0 Å². The maximum Gasteiger partial charge on any atom is 0.223 e. The standard InChI is InChI=1S/C23H27ClN6O2/c1-32-13-10-26-22(31)16-7-11-30(12-8-16)21-18-15-28-23(29-20(18)6-9-25-21)27-14-17-4-2-3-5-19(17)24/h2-6,9,15-16H,7-8,10-14H2,1H3,(H,26,31)(H,27,28,29). The van der Waals surface area contributed by atoms with Gasteiger partial charge in [-0.25, -0.2) is 15.0 Å². The van der Waals surface area contributed by atoms with Gasteiger partial charge in [0.1, 0.15) is 5.82 Å². The molecule has 1 fully saturated rings. The van der Waals surface area contributed by atoms with Crippen molar-refractivity contribution < 1.29 is 9.53 Å². The van der Waals surface area contributed by atoms with E-state index in [1.54, 1.807) is 13.3 Å². The topological polar surface area (TPSA) is 92.3 Å². The molecule has 2 aromatic heterocycles. The number of pyridine rings is 1. The maximum absolute atomic E-state index is 12.3. The quantitative estimate of drug-likeness (QED) is 0.504. The van der Waals surface area contributed by atoms with Crippen LogP contribution in [0.1, 0.15) is 18.4 Å². The number of rotatable bonds is 8. The number of methoxy groups -OCH3 is 1. The molecule has 1 aliphatic heterocycles. The highest BCUT2D eigenvalue weighted by atomic mass is 35.5. The molecule has 8 nitrogen and oxygen atoms in total. The van der Waals surface area contributed by atoms with Gasteiger partial charge in [-0.1, -0.05) is 29.8 Å². The predicted octanol–water partition coefficient (Wildman–Crippen LogP) is 3.27. The smallest absolute Gasteiger partial charge is 0.223 e. The van der Waals surface area contributed by atoms with Crippen molar-refractivity contribution in [3.63, 3.8) is 0 Å². The molecule has 0 spiro atoms. The molecule has 2 N–H and O–H groups in total. The van der Waals surface area contributed by atoms with Gasteiger partial charge in [-0.3, -0.25) is 4.79 Å². The average Bonchev–Trinajstić information content (AvgIpc) is 2.83. The van der Waals surface area contributed by atoms with E-state index in [9.17, 15) is 4.79 Å². The number of piperidine rings is 1. The molecule has 0 saturated carbocycles. The number of benzene rings is 1. The van der Waals surface area contributed by atoms with Gasteiger partial charge in [0.05, 0.1) is 17.5 Å². The van der Waals surface area contributed by atoms with Crippen LogP contribution < -0.4 is 15.5 Å². The zero-order chi connectivity index (χ0) is 22.3. The van der Waals surface area contributed by atoms with Gasteiger partial charge in [0.25, 0.3) is 0 Å². The van der Waals surface area contributed by atoms with E-state index >= 15 is 0 Å². The third-order valence-electron chi connectivity index (χ3n) is 5.65. The SMILES string of the molecule is COCCNC(=O)C1CCN(c2nccc3nc(NCc4ccccc4Cl)ncc23)CC1. The number of nitrogens with one attached hydrogen (secondary N) is 2. The van der Waals surface area contributed by atoms with Gasteiger partial charge in [0.15, 0.2) is 0 Å². The van der Waals surface area contributed by atoms with Crippen LogP contribution in [-0.2, 0) is 16.1 Å². The van der Waals surface area contributed by atoms with Crippen molar-refractivity contribution in [1.29, 1.82) is 0 Å². The fraction of sp³-hybridized carbons (Fsp3) is 0.391. The number of anilines is 2. The van der Waals surface area contributed by atoms with Crippen LogP contribution in [0.2, 0.25) is 5.02 Å². The zero-order valence-corrected chi connectivity index (χ0v) is 18.8. The Balaban J connectivity index is 1.41. The fourth-order valence-electron chi connectivity index (χ4n) is 3.87. The highest BCUT2D eigenvalue weighted by Gasteiger charge is 2.26. The number of carbonyl (C=O) groups excluding carboxylic acids is 1. The molecule has 32 heavy (non-hydrogen) atoms. The van der Waals surface area contributed by atoms with Gasteiger partial charge in [-0.05, 0) is 30.5 Å². The van der Waals surface area contributed by atoms with E-state index in [-0.39, 0.29) is 11.8 Å². The summed E-state index contributed by atoms with van der Waals surface area (Å²) in [4.78, 5) is 28.2. The molecule has 3 aromatic rings. The molecule has 0 aliphatic carbocycles. The van der Waals surface area contributed by atoms with Crippen molar-refractivity contribution in [1.82, 2.24) is 20.3 Å². The fourth-order valence-corrected chi connectivity index (χ4v) is 4.07. The lowest BCUT2D eigenvalue weighted by Crippen LogP contribution is -2.41. The minimum Gasteiger partial charge on any atom is -0.383 e. The molecule has 1 aromatic carbocycles. The van der Waals surface area contributed by atoms with Crippen LogP contribution in [0.5, 0.6) is 0 Å². The number of nitrogens with zero attached hydrogens (tertiary/aromatic N) is 4. The van der Waals surface area contributed by atoms with Gasteiger partial charge in [0.2, 0.25) is 11.9 Å². The summed E-state index contributed by atoms with van der Waals surface area (Å²) in [5, 5.41) is 7.79. The molecular weight excluding hydrogens is 428 g/mol.